The SMILES string of the molecule is Cc1nc(-c2ccc(-c3cccc(-c4nc(-c5ccccc5)nc(-c5ccccc5)n4)c3)cc2)cc2ccccc12. The number of aryl methyl sites for hydroxylation is 1. The van der Waals surface area contributed by atoms with Gasteiger partial charge < -0.3 is 0 Å². The largest absolute Gasteiger partial charge is 0.252 e. The van der Waals surface area contributed by atoms with E-state index >= 15 is 0 Å². The molecule has 0 atom stereocenters. The summed E-state index contributed by atoms with van der Waals surface area (Å²) in [6, 6.07) is 47.6. The number of rotatable bonds is 5. The molecule has 7 rings (SSSR count). The van der Waals surface area contributed by atoms with Crippen molar-refractivity contribution in [2.75, 3.05) is 0 Å². The van der Waals surface area contributed by atoms with Gasteiger partial charge in [0.15, 0.2) is 17.5 Å². The van der Waals surface area contributed by atoms with Gasteiger partial charge in [0.1, 0.15) is 0 Å². The van der Waals surface area contributed by atoms with Crippen LogP contribution in [0.4, 0.5) is 0 Å². The molecule has 41 heavy (non-hydrogen) atoms. The fraction of sp³-hybridized carbons (Fsp3) is 0.0270. The van der Waals surface area contributed by atoms with Gasteiger partial charge >= 0.3 is 0 Å². The Bertz CT molecular complexity index is 1930. The second-order valence-corrected chi connectivity index (χ2v) is 10.0. The van der Waals surface area contributed by atoms with E-state index in [1.54, 1.807) is 0 Å². The van der Waals surface area contributed by atoms with Gasteiger partial charge in [-0.05, 0) is 35.6 Å². The summed E-state index contributed by atoms with van der Waals surface area (Å²) in [6.45, 7) is 2.07. The zero-order valence-corrected chi connectivity index (χ0v) is 22.6. The number of nitrogens with zero attached hydrogens (tertiary/aromatic N) is 4. The minimum atomic E-state index is 0.645. The van der Waals surface area contributed by atoms with E-state index in [-0.39, 0.29) is 0 Å². The third kappa shape index (κ3) is 4.99. The van der Waals surface area contributed by atoms with Gasteiger partial charge in [0.2, 0.25) is 0 Å². The molecule has 0 aliphatic heterocycles. The highest BCUT2D eigenvalue weighted by Gasteiger charge is 2.13. The Hall–Kier alpha value is -5.48. The Labute approximate surface area is 239 Å². The quantitative estimate of drug-likeness (QED) is 0.224. The third-order valence-corrected chi connectivity index (χ3v) is 7.27. The number of pyridine rings is 1. The number of aromatic nitrogens is 4. The number of benzene rings is 5. The predicted octanol–water partition coefficient (Wildman–Crippen LogP) is 9.06. The molecule has 0 aliphatic rings. The Kier molecular flexibility index (Phi) is 6.34. The summed E-state index contributed by atoms with van der Waals surface area (Å²) in [7, 11) is 0. The predicted molar refractivity (Wildman–Crippen MR) is 167 cm³/mol. The van der Waals surface area contributed by atoms with Crippen LogP contribution in [0.3, 0.4) is 0 Å². The fourth-order valence-electron chi connectivity index (χ4n) is 5.13. The van der Waals surface area contributed by atoms with Crippen molar-refractivity contribution >= 4 is 10.8 Å². The number of hydrogen-bond acceptors (Lipinski definition) is 4. The average Bonchev–Trinajstić information content (AvgIpc) is 3.05. The van der Waals surface area contributed by atoms with Gasteiger partial charge in [-0.2, -0.15) is 0 Å². The lowest BCUT2D eigenvalue weighted by molar-refractivity contribution is 1.07. The van der Waals surface area contributed by atoms with Crippen molar-refractivity contribution in [1.82, 2.24) is 19.9 Å². The molecular weight excluding hydrogens is 500 g/mol. The van der Waals surface area contributed by atoms with Crippen molar-refractivity contribution in [2.24, 2.45) is 0 Å². The molecule has 7 aromatic rings. The van der Waals surface area contributed by atoms with Crippen LogP contribution in [0.15, 0.2) is 140 Å². The molecule has 0 amide bonds. The molecule has 5 aromatic carbocycles. The Morgan fingerprint density at radius 1 is 0.366 bits per heavy atom. The molecule has 0 saturated carbocycles. The van der Waals surface area contributed by atoms with Gasteiger partial charge in [0, 0.05) is 33.3 Å². The maximum Gasteiger partial charge on any atom is 0.164 e. The second kappa shape index (κ2) is 10.6. The molecule has 4 heteroatoms. The molecule has 4 nitrogen and oxygen atoms in total. The lowest BCUT2D eigenvalue weighted by atomic mass is 9.99. The highest BCUT2D eigenvalue weighted by Crippen LogP contribution is 2.30. The normalized spacial score (nSPS) is 11.0. The van der Waals surface area contributed by atoms with Crippen LogP contribution < -0.4 is 0 Å². The van der Waals surface area contributed by atoms with Gasteiger partial charge in [-0.1, -0.05) is 127 Å². The molecule has 0 fully saturated rings. The van der Waals surface area contributed by atoms with E-state index in [2.05, 4.69) is 85.8 Å². The fourth-order valence-corrected chi connectivity index (χ4v) is 5.13. The van der Waals surface area contributed by atoms with Gasteiger partial charge in [-0.15, -0.1) is 0 Å². The highest BCUT2D eigenvalue weighted by molar-refractivity contribution is 5.88. The molecule has 194 valence electrons. The van der Waals surface area contributed by atoms with Crippen LogP contribution in [-0.4, -0.2) is 19.9 Å². The Balaban J connectivity index is 1.26. The smallest absolute Gasteiger partial charge is 0.164 e. The first-order valence-corrected chi connectivity index (χ1v) is 13.7. The van der Waals surface area contributed by atoms with E-state index in [1.165, 1.54) is 10.8 Å². The van der Waals surface area contributed by atoms with Crippen LogP contribution in [0.5, 0.6) is 0 Å². The van der Waals surface area contributed by atoms with Crippen molar-refractivity contribution in [1.29, 1.82) is 0 Å². The van der Waals surface area contributed by atoms with Crippen molar-refractivity contribution in [3.05, 3.63) is 145 Å². The molecule has 2 aromatic heterocycles. The number of fused-ring (bicyclic) bond motifs is 1. The van der Waals surface area contributed by atoms with Gasteiger partial charge in [0.05, 0.1) is 5.69 Å². The zero-order chi connectivity index (χ0) is 27.6. The topological polar surface area (TPSA) is 51.6 Å². The lowest BCUT2D eigenvalue weighted by Gasteiger charge is -2.10. The van der Waals surface area contributed by atoms with Crippen LogP contribution in [-0.2, 0) is 0 Å². The van der Waals surface area contributed by atoms with Crippen LogP contribution in [0.25, 0.3) is 67.3 Å². The molecule has 0 aliphatic carbocycles. The standard InChI is InChI=1S/C37H26N4/c1-25-33-18-9-8-15-31(33)24-34(38-25)27-21-19-26(20-22-27)30-16-10-17-32(23-30)37-40-35(28-11-4-2-5-12-28)39-36(41-37)29-13-6-3-7-14-29/h2-24H,1H3. The summed E-state index contributed by atoms with van der Waals surface area (Å²) in [5, 5.41) is 2.39. The van der Waals surface area contributed by atoms with E-state index in [0.29, 0.717) is 17.5 Å². The third-order valence-electron chi connectivity index (χ3n) is 7.27. The zero-order valence-electron chi connectivity index (χ0n) is 22.6. The first-order valence-electron chi connectivity index (χ1n) is 13.7. The van der Waals surface area contributed by atoms with E-state index in [4.69, 9.17) is 19.9 Å². The molecule has 0 radical (unpaired) electrons. The summed E-state index contributed by atoms with van der Waals surface area (Å²) in [5.74, 6) is 1.96. The molecule has 0 bridgehead atoms. The molecule has 0 spiro atoms. The van der Waals surface area contributed by atoms with Gasteiger partial charge in [0.25, 0.3) is 0 Å². The molecule has 0 N–H and O–H groups in total. The maximum atomic E-state index is 4.89. The Morgan fingerprint density at radius 2 is 0.878 bits per heavy atom. The summed E-state index contributed by atoms with van der Waals surface area (Å²) >= 11 is 0. The van der Waals surface area contributed by atoms with E-state index in [1.807, 2.05) is 60.7 Å². The lowest BCUT2D eigenvalue weighted by Crippen LogP contribution is -2.00. The molecule has 0 saturated heterocycles. The van der Waals surface area contributed by atoms with E-state index < -0.39 is 0 Å². The van der Waals surface area contributed by atoms with Crippen LogP contribution >= 0.6 is 0 Å². The summed E-state index contributed by atoms with van der Waals surface area (Å²) in [6.07, 6.45) is 0. The number of hydrogen-bond donors (Lipinski definition) is 0. The Morgan fingerprint density at radius 3 is 1.54 bits per heavy atom. The van der Waals surface area contributed by atoms with Crippen LogP contribution in [0.1, 0.15) is 5.69 Å². The van der Waals surface area contributed by atoms with Gasteiger partial charge in [-0.25, -0.2) is 15.0 Å². The second-order valence-electron chi connectivity index (χ2n) is 10.0. The summed E-state index contributed by atoms with van der Waals surface area (Å²) < 4.78 is 0. The monoisotopic (exact) mass is 526 g/mol. The van der Waals surface area contributed by atoms with E-state index in [0.717, 1.165) is 44.8 Å². The summed E-state index contributed by atoms with van der Waals surface area (Å²) in [4.78, 5) is 19.5. The van der Waals surface area contributed by atoms with Crippen molar-refractivity contribution in [3.63, 3.8) is 0 Å². The van der Waals surface area contributed by atoms with Gasteiger partial charge in [-0.3, -0.25) is 4.98 Å². The maximum absolute atomic E-state index is 4.89. The van der Waals surface area contributed by atoms with Crippen molar-refractivity contribution in [2.45, 2.75) is 6.92 Å². The molecule has 2 heterocycles. The minimum absolute atomic E-state index is 0.645. The van der Waals surface area contributed by atoms with Crippen LogP contribution in [0.2, 0.25) is 0 Å². The average molecular weight is 527 g/mol. The van der Waals surface area contributed by atoms with Crippen LogP contribution in [0, 0.1) is 6.92 Å². The first kappa shape index (κ1) is 24.6. The highest BCUT2D eigenvalue weighted by atomic mass is 15.0. The van der Waals surface area contributed by atoms with E-state index in [9.17, 15) is 0 Å². The minimum Gasteiger partial charge on any atom is -0.252 e. The molecular formula is C37H26N4. The van der Waals surface area contributed by atoms with Crippen molar-refractivity contribution in [3.8, 4) is 56.5 Å². The van der Waals surface area contributed by atoms with Crippen molar-refractivity contribution < 1.29 is 0 Å². The summed E-state index contributed by atoms with van der Waals surface area (Å²) in [5.41, 5.74) is 8.18. The first-order chi connectivity index (χ1) is 20.2. The molecule has 0 unspecified atom stereocenters.